The molecule has 0 heterocycles. The molecule has 0 saturated carbocycles. The lowest BCUT2D eigenvalue weighted by atomic mass is 9.98. The first-order chi connectivity index (χ1) is 11.0. The van der Waals surface area contributed by atoms with Crippen molar-refractivity contribution in [2.24, 2.45) is 5.92 Å². The van der Waals surface area contributed by atoms with Crippen molar-refractivity contribution in [2.45, 2.75) is 6.42 Å². The quantitative estimate of drug-likeness (QED) is 0.835. The summed E-state index contributed by atoms with van der Waals surface area (Å²) in [6, 6.07) is 15.0. The minimum atomic E-state index is -1.40. The number of para-hydroxylation sites is 1. The molecule has 0 aliphatic heterocycles. The number of Topliss-reactive ketones (excluding diaryl/α,β-unsaturated/α-hetero) is 1. The largest absolute Gasteiger partial charge is 0.323 e. The standard InChI is InChI=1S/C17H12Cl2N2O2/c18-12-7-5-11(6-8-12)9-16(22)13(10-20)17(23)21-15-4-2-1-3-14(15)19/h1-8,13H,9H2,(H,21,23)/t13-/m0/s1. The zero-order valence-corrected chi connectivity index (χ0v) is 13.4. The fourth-order valence-electron chi connectivity index (χ4n) is 1.95. The van der Waals surface area contributed by atoms with Gasteiger partial charge in [0.2, 0.25) is 5.91 Å². The van der Waals surface area contributed by atoms with E-state index in [-0.39, 0.29) is 6.42 Å². The van der Waals surface area contributed by atoms with Gasteiger partial charge >= 0.3 is 0 Å². The molecule has 0 aliphatic carbocycles. The van der Waals surface area contributed by atoms with Gasteiger partial charge in [0.1, 0.15) is 0 Å². The molecule has 0 aliphatic rings. The predicted molar refractivity (Wildman–Crippen MR) is 89.3 cm³/mol. The van der Waals surface area contributed by atoms with Crippen molar-refractivity contribution < 1.29 is 9.59 Å². The second-order valence-electron chi connectivity index (χ2n) is 4.80. The van der Waals surface area contributed by atoms with Crippen LogP contribution < -0.4 is 5.32 Å². The summed E-state index contributed by atoms with van der Waals surface area (Å²) >= 11 is 11.7. The number of nitrogens with zero attached hydrogens (tertiary/aromatic N) is 1. The average molecular weight is 347 g/mol. The lowest BCUT2D eigenvalue weighted by Gasteiger charge is -2.10. The number of carbonyl (C=O) groups is 2. The number of carbonyl (C=O) groups excluding carboxylic acids is 2. The molecule has 2 aromatic carbocycles. The first kappa shape index (κ1) is 17.0. The Kier molecular flexibility index (Phi) is 5.75. The third kappa shape index (κ3) is 4.56. The molecule has 4 nitrogen and oxygen atoms in total. The maximum atomic E-state index is 12.2. The Morgan fingerprint density at radius 3 is 2.35 bits per heavy atom. The van der Waals surface area contributed by atoms with Crippen molar-refractivity contribution in [1.29, 1.82) is 5.26 Å². The van der Waals surface area contributed by atoms with Gasteiger partial charge in [-0.05, 0) is 29.8 Å². The Hall–Kier alpha value is -2.35. The van der Waals surface area contributed by atoms with Gasteiger partial charge < -0.3 is 5.32 Å². The van der Waals surface area contributed by atoms with E-state index in [0.29, 0.717) is 21.3 Å². The summed E-state index contributed by atoms with van der Waals surface area (Å²) in [5.74, 6) is -2.58. The lowest BCUT2D eigenvalue weighted by Crippen LogP contribution is -2.29. The Balaban J connectivity index is 2.08. The van der Waals surface area contributed by atoms with Gasteiger partial charge in [-0.25, -0.2) is 0 Å². The summed E-state index contributed by atoms with van der Waals surface area (Å²) in [7, 11) is 0. The molecule has 0 bridgehead atoms. The molecule has 1 N–H and O–H groups in total. The van der Waals surface area contributed by atoms with E-state index in [1.165, 1.54) is 0 Å². The third-order valence-corrected chi connectivity index (χ3v) is 3.72. The molecule has 23 heavy (non-hydrogen) atoms. The number of hydrogen-bond acceptors (Lipinski definition) is 3. The van der Waals surface area contributed by atoms with Gasteiger partial charge in [0.15, 0.2) is 11.7 Å². The van der Waals surface area contributed by atoms with Crippen LogP contribution in [0, 0.1) is 17.2 Å². The number of nitriles is 1. The maximum absolute atomic E-state index is 12.2. The number of nitrogens with one attached hydrogen (secondary N) is 1. The average Bonchev–Trinajstić information content (AvgIpc) is 2.52. The number of amides is 1. The Labute approximate surface area is 143 Å². The van der Waals surface area contributed by atoms with Crippen LogP contribution in [0.25, 0.3) is 0 Å². The second-order valence-corrected chi connectivity index (χ2v) is 5.64. The van der Waals surface area contributed by atoms with Gasteiger partial charge in [-0.15, -0.1) is 0 Å². The maximum Gasteiger partial charge on any atom is 0.249 e. The van der Waals surface area contributed by atoms with Crippen molar-refractivity contribution in [3.05, 3.63) is 64.1 Å². The molecule has 1 amide bonds. The predicted octanol–water partition coefficient (Wildman–Crippen LogP) is 3.88. The van der Waals surface area contributed by atoms with Gasteiger partial charge in [-0.2, -0.15) is 5.26 Å². The Morgan fingerprint density at radius 2 is 1.74 bits per heavy atom. The number of benzene rings is 2. The van der Waals surface area contributed by atoms with E-state index in [4.69, 9.17) is 28.5 Å². The van der Waals surface area contributed by atoms with Crippen molar-refractivity contribution in [1.82, 2.24) is 0 Å². The van der Waals surface area contributed by atoms with Crippen molar-refractivity contribution in [3.8, 4) is 6.07 Å². The number of rotatable bonds is 5. The molecule has 0 aromatic heterocycles. The first-order valence-corrected chi connectivity index (χ1v) is 7.49. The molecule has 2 rings (SSSR count). The highest BCUT2D eigenvalue weighted by atomic mass is 35.5. The Morgan fingerprint density at radius 1 is 1.09 bits per heavy atom. The van der Waals surface area contributed by atoms with E-state index in [0.717, 1.165) is 0 Å². The summed E-state index contributed by atoms with van der Waals surface area (Å²) in [4.78, 5) is 24.3. The van der Waals surface area contributed by atoms with Crippen molar-refractivity contribution >= 4 is 40.6 Å². The van der Waals surface area contributed by atoms with Gasteiger partial charge in [0.05, 0.1) is 16.8 Å². The van der Waals surface area contributed by atoms with Crippen LogP contribution in [0.2, 0.25) is 10.0 Å². The molecule has 0 saturated heterocycles. The van der Waals surface area contributed by atoms with Gasteiger partial charge in [-0.1, -0.05) is 47.5 Å². The second kappa shape index (κ2) is 7.77. The minimum Gasteiger partial charge on any atom is -0.323 e. The Bertz CT molecular complexity index is 767. The molecule has 0 unspecified atom stereocenters. The number of halogens is 2. The number of anilines is 1. The first-order valence-electron chi connectivity index (χ1n) is 6.73. The molecule has 116 valence electrons. The van der Waals surface area contributed by atoms with E-state index < -0.39 is 17.6 Å². The minimum absolute atomic E-state index is 0.0225. The summed E-state index contributed by atoms with van der Waals surface area (Å²) in [5, 5.41) is 12.5. The summed E-state index contributed by atoms with van der Waals surface area (Å²) in [5.41, 5.74) is 1.05. The van der Waals surface area contributed by atoms with E-state index in [1.807, 2.05) is 0 Å². The highest BCUT2D eigenvalue weighted by molar-refractivity contribution is 6.33. The molecular weight excluding hydrogens is 335 g/mol. The van der Waals surface area contributed by atoms with Crippen LogP contribution in [0.15, 0.2) is 48.5 Å². The van der Waals surface area contributed by atoms with E-state index in [9.17, 15) is 9.59 Å². The van der Waals surface area contributed by atoms with Gasteiger partial charge in [-0.3, -0.25) is 9.59 Å². The monoisotopic (exact) mass is 346 g/mol. The highest BCUT2D eigenvalue weighted by Crippen LogP contribution is 2.21. The molecular formula is C17H12Cl2N2O2. The SMILES string of the molecule is N#C[C@@H](C(=O)Cc1ccc(Cl)cc1)C(=O)Nc1ccccc1Cl. The van der Waals surface area contributed by atoms with Crippen LogP contribution >= 0.6 is 23.2 Å². The zero-order valence-electron chi connectivity index (χ0n) is 11.9. The van der Waals surface area contributed by atoms with Crippen LogP contribution in [-0.2, 0) is 16.0 Å². The summed E-state index contributed by atoms with van der Waals surface area (Å²) < 4.78 is 0. The third-order valence-electron chi connectivity index (χ3n) is 3.14. The van der Waals surface area contributed by atoms with Crippen LogP contribution in [0.4, 0.5) is 5.69 Å². The molecule has 2 aromatic rings. The molecule has 0 fully saturated rings. The van der Waals surface area contributed by atoms with Crippen LogP contribution in [0.5, 0.6) is 0 Å². The zero-order chi connectivity index (χ0) is 16.8. The van der Waals surface area contributed by atoms with E-state index in [1.54, 1.807) is 54.6 Å². The highest BCUT2D eigenvalue weighted by Gasteiger charge is 2.26. The van der Waals surface area contributed by atoms with Crippen molar-refractivity contribution in [2.75, 3.05) is 5.32 Å². The van der Waals surface area contributed by atoms with Crippen molar-refractivity contribution in [3.63, 3.8) is 0 Å². The number of ketones is 1. The summed E-state index contributed by atoms with van der Waals surface area (Å²) in [6.07, 6.45) is -0.0225. The van der Waals surface area contributed by atoms with E-state index >= 15 is 0 Å². The van der Waals surface area contributed by atoms with Crippen LogP contribution in [0.3, 0.4) is 0 Å². The fourth-order valence-corrected chi connectivity index (χ4v) is 2.26. The molecule has 0 spiro atoms. The van der Waals surface area contributed by atoms with Gasteiger partial charge in [0.25, 0.3) is 0 Å². The van der Waals surface area contributed by atoms with Crippen LogP contribution in [0.1, 0.15) is 5.56 Å². The van der Waals surface area contributed by atoms with E-state index in [2.05, 4.69) is 5.32 Å². The molecule has 1 atom stereocenters. The topological polar surface area (TPSA) is 70.0 Å². The summed E-state index contributed by atoms with van der Waals surface area (Å²) in [6.45, 7) is 0. The lowest BCUT2D eigenvalue weighted by molar-refractivity contribution is -0.128. The number of hydrogen-bond donors (Lipinski definition) is 1. The molecule has 0 radical (unpaired) electrons. The van der Waals surface area contributed by atoms with Gasteiger partial charge in [0, 0.05) is 11.4 Å². The molecule has 6 heteroatoms. The smallest absolute Gasteiger partial charge is 0.249 e. The normalized spacial score (nSPS) is 11.3. The fraction of sp³-hybridized carbons (Fsp3) is 0.118. The van der Waals surface area contributed by atoms with Crippen LogP contribution in [-0.4, -0.2) is 11.7 Å².